The zero-order valence-electron chi connectivity index (χ0n) is 21.6. The fourth-order valence-electron chi connectivity index (χ4n) is 4.76. The van der Waals surface area contributed by atoms with Gasteiger partial charge >= 0.3 is 0 Å². The van der Waals surface area contributed by atoms with Crippen molar-refractivity contribution in [3.63, 3.8) is 0 Å². The van der Waals surface area contributed by atoms with Crippen LogP contribution in [0.25, 0.3) is 5.70 Å². The van der Waals surface area contributed by atoms with E-state index >= 15 is 0 Å². The Hall–Kier alpha value is -3.42. The Morgan fingerprint density at radius 1 is 1.27 bits per heavy atom. The SMILES string of the molecule is C=CCOc1cccc(Cl)c1C1C=C(c2csc(C3CCN(C(=O)Cn4nc(C(F)F)cc4C(F)F)CC3)n2)NO1. The van der Waals surface area contributed by atoms with Crippen LogP contribution >= 0.6 is 22.9 Å². The van der Waals surface area contributed by atoms with Gasteiger partial charge < -0.3 is 9.64 Å². The van der Waals surface area contributed by atoms with Crippen molar-refractivity contribution < 1.29 is 31.9 Å². The number of aromatic nitrogens is 3. The van der Waals surface area contributed by atoms with Crippen molar-refractivity contribution in [1.82, 2.24) is 25.1 Å². The zero-order valence-corrected chi connectivity index (χ0v) is 23.2. The van der Waals surface area contributed by atoms with Gasteiger partial charge in [0.2, 0.25) is 5.91 Å². The maximum atomic E-state index is 13.3. The Labute approximate surface area is 242 Å². The molecule has 0 saturated carbocycles. The number of hydrogen-bond acceptors (Lipinski definition) is 7. The van der Waals surface area contributed by atoms with E-state index in [9.17, 15) is 22.4 Å². The minimum absolute atomic E-state index is 0.103. The van der Waals surface area contributed by atoms with Gasteiger partial charge in [0.15, 0.2) is 0 Å². The highest BCUT2D eigenvalue weighted by atomic mass is 35.5. The highest BCUT2D eigenvalue weighted by molar-refractivity contribution is 7.09. The number of halogens is 5. The summed E-state index contributed by atoms with van der Waals surface area (Å²) < 4.78 is 58.8. The van der Waals surface area contributed by atoms with Crippen molar-refractivity contribution >= 4 is 34.5 Å². The molecule has 8 nitrogen and oxygen atoms in total. The molecule has 0 bridgehead atoms. The number of hydroxylamine groups is 1. The topological polar surface area (TPSA) is 81.5 Å². The van der Waals surface area contributed by atoms with E-state index in [1.165, 1.54) is 11.3 Å². The van der Waals surface area contributed by atoms with Crippen LogP contribution in [0, 0.1) is 0 Å². The lowest BCUT2D eigenvalue weighted by Crippen LogP contribution is -2.40. The number of nitrogens with one attached hydrogen (secondary N) is 1. The molecule has 3 aromatic rings. The maximum Gasteiger partial charge on any atom is 0.282 e. The molecule has 1 amide bonds. The van der Waals surface area contributed by atoms with Crippen LogP contribution in [0.4, 0.5) is 17.6 Å². The zero-order chi connectivity index (χ0) is 29.1. The fraction of sp³-hybridized carbons (Fsp3) is 0.370. The molecule has 41 heavy (non-hydrogen) atoms. The normalized spacial score (nSPS) is 17.7. The number of nitrogens with zero attached hydrogens (tertiary/aromatic N) is 4. The number of hydrogen-bond donors (Lipinski definition) is 1. The predicted octanol–water partition coefficient (Wildman–Crippen LogP) is 6.46. The molecule has 1 unspecified atom stereocenters. The van der Waals surface area contributed by atoms with Crippen LogP contribution in [0.1, 0.15) is 65.4 Å². The summed E-state index contributed by atoms with van der Waals surface area (Å²) in [6, 6.07) is 6.01. The number of ether oxygens (including phenoxy) is 1. The molecular formula is C27H26ClF4N5O3S. The number of rotatable bonds is 10. The highest BCUT2D eigenvalue weighted by Gasteiger charge is 2.30. The average molecular weight is 612 g/mol. The molecule has 5 rings (SSSR count). The lowest BCUT2D eigenvalue weighted by molar-refractivity contribution is -0.133. The number of carbonyl (C=O) groups excluding carboxylic acids is 1. The number of carbonyl (C=O) groups is 1. The third kappa shape index (κ3) is 6.41. The largest absolute Gasteiger partial charge is 0.489 e. The summed E-state index contributed by atoms with van der Waals surface area (Å²) in [5, 5.41) is 6.83. The van der Waals surface area contributed by atoms with Crippen molar-refractivity contribution in [2.45, 2.75) is 44.3 Å². The van der Waals surface area contributed by atoms with Gasteiger partial charge in [-0.2, -0.15) is 5.10 Å². The molecule has 2 aliphatic heterocycles. The van der Waals surface area contributed by atoms with Crippen molar-refractivity contribution in [1.29, 1.82) is 0 Å². The van der Waals surface area contributed by atoms with Crippen LogP contribution in [-0.4, -0.2) is 45.3 Å². The van der Waals surface area contributed by atoms with Gasteiger partial charge in [-0.15, -0.1) is 11.3 Å². The minimum atomic E-state index is -3.02. The lowest BCUT2D eigenvalue weighted by Gasteiger charge is -2.31. The fourth-order valence-corrected chi connectivity index (χ4v) is 6.02. The minimum Gasteiger partial charge on any atom is -0.489 e. The molecule has 0 aliphatic carbocycles. The number of thiazole rings is 1. The number of benzene rings is 1. The van der Waals surface area contributed by atoms with Crippen LogP contribution in [0.5, 0.6) is 5.75 Å². The monoisotopic (exact) mass is 611 g/mol. The van der Waals surface area contributed by atoms with Crippen molar-refractivity contribution in [2.24, 2.45) is 0 Å². The van der Waals surface area contributed by atoms with Crippen molar-refractivity contribution in [3.05, 3.63) is 81.1 Å². The molecule has 1 saturated heterocycles. The molecular weight excluding hydrogens is 586 g/mol. The summed E-state index contributed by atoms with van der Waals surface area (Å²) in [5.74, 6) is 0.244. The molecule has 1 N–H and O–H groups in total. The average Bonchev–Trinajstić information content (AvgIpc) is 3.72. The molecule has 2 aromatic heterocycles. The van der Waals surface area contributed by atoms with Crippen LogP contribution < -0.4 is 10.2 Å². The summed E-state index contributed by atoms with van der Waals surface area (Å²) in [6.45, 7) is 4.24. The van der Waals surface area contributed by atoms with Crippen molar-refractivity contribution in [3.8, 4) is 5.75 Å². The molecule has 218 valence electrons. The van der Waals surface area contributed by atoms with Gasteiger partial charge in [0.25, 0.3) is 12.9 Å². The number of piperidine rings is 1. The second-order valence-corrected chi connectivity index (χ2v) is 10.7. The van der Waals surface area contributed by atoms with Gasteiger partial charge in [0.1, 0.15) is 36.4 Å². The molecule has 1 atom stereocenters. The van der Waals surface area contributed by atoms with Gasteiger partial charge in [-0.25, -0.2) is 22.5 Å². The Balaban J connectivity index is 1.21. The second-order valence-electron chi connectivity index (χ2n) is 9.45. The first-order valence-electron chi connectivity index (χ1n) is 12.8. The van der Waals surface area contributed by atoms with E-state index in [2.05, 4.69) is 17.2 Å². The summed E-state index contributed by atoms with van der Waals surface area (Å²) in [4.78, 5) is 24.9. The van der Waals surface area contributed by atoms with Gasteiger partial charge in [0, 0.05) is 30.0 Å². The quantitative estimate of drug-likeness (QED) is 0.209. The summed E-state index contributed by atoms with van der Waals surface area (Å²) in [7, 11) is 0. The van der Waals surface area contributed by atoms with E-state index < -0.39 is 42.8 Å². The number of alkyl halides is 4. The molecule has 1 fully saturated rings. The number of amides is 1. The maximum absolute atomic E-state index is 13.3. The van der Waals surface area contributed by atoms with E-state index in [0.717, 1.165) is 5.01 Å². The Kier molecular flexibility index (Phi) is 8.95. The van der Waals surface area contributed by atoms with Crippen LogP contribution in [0.3, 0.4) is 0 Å². The van der Waals surface area contributed by atoms with E-state index in [1.807, 2.05) is 17.5 Å². The highest BCUT2D eigenvalue weighted by Crippen LogP contribution is 2.39. The first kappa shape index (κ1) is 29.1. The summed E-state index contributed by atoms with van der Waals surface area (Å²) in [6.07, 6.45) is -1.74. The van der Waals surface area contributed by atoms with Crippen LogP contribution in [0.2, 0.25) is 5.02 Å². The standard InChI is InChI=1S/C27H26ClF4N5O3S/c1-2-10-39-21-5-3-4-16(28)24(21)22-12-17(35-40-22)19-14-41-27(33-19)15-6-8-36(9-7-15)23(38)13-37-20(26(31)32)11-18(34-37)25(29)30/h2-5,11-12,14-15,22,25-26,35H,1,6-10,13H2. The van der Waals surface area contributed by atoms with E-state index in [1.54, 1.807) is 23.1 Å². The summed E-state index contributed by atoms with van der Waals surface area (Å²) >= 11 is 7.95. The molecule has 0 spiro atoms. The first-order valence-corrected chi connectivity index (χ1v) is 14.0. The predicted molar refractivity (Wildman–Crippen MR) is 145 cm³/mol. The van der Waals surface area contributed by atoms with E-state index in [4.69, 9.17) is 26.2 Å². The van der Waals surface area contributed by atoms with Gasteiger partial charge in [-0.1, -0.05) is 30.3 Å². The van der Waals surface area contributed by atoms with Gasteiger partial charge in [-0.05, 0) is 37.1 Å². The van der Waals surface area contributed by atoms with Crippen LogP contribution in [0.15, 0.2) is 48.4 Å². The second kappa shape index (κ2) is 12.6. The van der Waals surface area contributed by atoms with E-state index in [-0.39, 0.29) is 5.92 Å². The van der Waals surface area contributed by atoms with E-state index in [0.29, 0.717) is 71.0 Å². The van der Waals surface area contributed by atoms with Gasteiger partial charge in [-0.3, -0.25) is 19.8 Å². The smallest absolute Gasteiger partial charge is 0.282 e. The lowest BCUT2D eigenvalue weighted by atomic mass is 9.97. The van der Waals surface area contributed by atoms with Crippen molar-refractivity contribution in [2.75, 3.05) is 19.7 Å². The van der Waals surface area contributed by atoms with Crippen LogP contribution in [-0.2, 0) is 16.2 Å². The molecule has 2 aliphatic rings. The molecule has 1 aromatic carbocycles. The Morgan fingerprint density at radius 3 is 2.76 bits per heavy atom. The number of likely N-dealkylation sites (tertiary alicyclic amines) is 1. The summed E-state index contributed by atoms with van der Waals surface area (Å²) in [5.41, 5.74) is 3.54. The first-order chi connectivity index (χ1) is 19.7. The molecule has 4 heterocycles. The molecule has 0 radical (unpaired) electrons. The third-order valence-electron chi connectivity index (χ3n) is 6.82. The third-order valence-corrected chi connectivity index (χ3v) is 8.16. The van der Waals surface area contributed by atoms with Gasteiger partial charge in [0.05, 0.1) is 21.4 Å². The Bertz CT molecular complexity index is 1440. The molecule has 14 heteroatoms. The Morgan fingerprint density at radius 2 is 2.05 bits per heavy atom.